The van der Waals surface area contributed by atoms with Crippen LogP contribution in [-0.4, -0.2) is 84.9 Å². The molecular weight excluding hydrogens is 568 g/mol. The molecule has 8 nitrogen and oxygen atoms in total. The zero-order valence-electron chi connectivity index (χ0n) is 24.5. The van der Waals surface area contributed by atoms with E-state index in [4.69, 9.17) is 9.47 Å². The molecule has 1 saturated heterocycles. The van der Waals surface area contributed by atoms with Gasteiger partial charge < -0.3 is 29.8 Å². The number of alkyl halides is 4. The summed E-state index contributed by atoms with van der Waals surface area (Å²) in [4.78, 5) is 13.7. The van der Waals surface area contributed by atoms with E-state index in [-0.39, 0.29) is 18.8 Å². The highest BCUT2D eigenvalue weighted by Gasteiger charge is 2.33. The number of likely N-dealkylation sites (tertiary alicyclic amines) is 1. The Labute approximate surface area is 247 Å². The summed E-state index contributed by atoms with van der Waals surface area (Å²) < 4.78 is 67.1. The fourth-order valence-corrected chi connectivity index (χ4v) is 5.24. The zero-order chi connectivity index (χ0) is 31.4. The van der Waals surface area contributed by atoms with Crippen molar-refractivity contribution in [2.24, 2.45) is 0 Å². The maximum atomic E-state index is 15.1. The van der Waals surface area contributed by atoms with E-state index in [0.717, 1.165) is 4.57 Å². The molecule has 1 aliphatic heterocycles. The second kappa shape index (κ2) is 13.1. The summed E-state index contributed by atoms with van der Waals surface area (Å²) in [5.41, 5.74) is 0.916. The van der Waals surface area contributed by atoms with Crippen molar-refractivity contribution in [1.29, 1.82) is 0 Å². The minimum absolute atomic E-state index is 0.0827. The van der Waals surface area contributed by atoms with Gasteiger partial charge in [0.1, 0.15) is 18.5 Å². The number of nitrogens with zero attached hydrogens (tertiary/aromatic N) is 2. The minimum atomic E-state index is -4.49. The summed E-state index contributed by atoms with van der Waals surface area (Å²) in [6.45, 7) is 3.26. The molecule has 0 saturated carbocycles. The van der Waals surface area contributed by atoms with Crippen LogP contribution in [0.15, 0.2) is 42.5 Å². The van der Waals surface area contributed by atoms with Crippen molar-refractivity contribution in [3.05, 3.63) is 53.7 Å². The van der Waals surface area contributed by atoms with Gasteiger partial charge in [-0.1, -0.05) is 12.0 Å². The minimum Gasteiger partial charge on any atom is -0.495 e. The molecule has 232 valence electrons. The van der Waals surface area contributed by atoms with Gasteiger partial charge in [0, 0.05) is 30.7 Å². The number of aliphatic hydroxyl groups is 1. The molecule has 0 bridgehead atoms. The van der Waals surface area contributed by atoms with Gasteiger partial charge in [-0.25, -0.2) is 9.18 Å². The highest BCUT2D eigenvalue weighted by molar-refractivity contribution is 5.94. The lowest BCUT2D eigenvalue weighted by atomic mass is 10.00. The Morgan fingerprint density at radius 1 is 1.12 bits per heavy atom. The third-order valence-electron chi connectivity index (χ3n) is 7.07. The number of carbonyl (C=O) groups excluding carboxylic acids is 1. The van der Waals surface area contributed by atoms with E-state index >= 15 is 4.39 Å². The van der Waals surface area contributed by atoms with Crippen molar-refractivity contribution in [2.75, 3.05) is 51.0 Å². The molecular formula is C31H36F4N4O4. The second-order valence-corrected chi connectivity index (χ2v) is 11.1. The summed E-state index contributed by atoms with van der Waals surface area (Å²) in [7, 11) is 2.72. The molecule has 2 heterocycles. The SMILES string of the molecule is COC(=O)c1ccc(NCC#Cc2cc3c(NC4CCN(CC(C)(C)O)C[C@H]4F)cccc3n2CC(F)(F)F)c(OC)c1. The van der Waals surface area contributed by atoms with E-state index in [1.807, 2.05) is 4.90 Å². The van der Waals surface area contributed by atoms with Crippen molar-refractivity contribution >= 4 is 28.2 Å². The number of benzene rings is 2. The molecule has 0 amide bonds. The normalized spacial score (nSPS) is 17.7. The fraction of sp³-hybridized carbons (Fsp3) is 0.452. The van der Waals surface area contributed by atoms with Crippen LogP contribution in [0.5, 0.6) is 5.75 Å². The molecule has 1 fully saturated rings. The number of β-amino-alcohol motifs (C(OH)–C–C–N with tert-alkyl or cyclic N) is 1. The van der Waals surface area contributed by atoms with Crippen LogP contribution >= 0.6 is 0 Å². The van der Waals surface area contributed by atoms with E-state index < -0.39 is 36.5 Å². The fourth-order valence-electron chi connectivity index (χ4n) is 5.24. The predicted octanol–water partition coefficient (Wildman–Crippen LogP) is 5.06. The summed E-state index contributed by atoms with van der Waals surface area (Å²) in [5.74, 6) is 5.57. The van der Waals surface area contributed by atoms with Crippen LogP contribution in [0.3, 0.4) is 0 Å². The molecule has 12 heteroatoms. The number of esters is 1. The monoisotopic (exact) mass is 604 g/mol. The quantitative estimate of drug-likeness (QED) is 0.179. The van der Waals surface area contributed by atoms with Crippen LogP contribution in [0.4, 0.5) is 28.9 Å². The molecule has 2 atom stereocenters. The molecule has 0 radical (unpaired) electrons. The van der Waals surface area contributed by atoms with Crippen molar-refractivity contribution in [1.82, 2.24) is 9.47 Å². The topological polar surface area (TPSA) is 88.0 Å². The Balaban J connectivity index is 1.55. The van der Waals surface area contributed by atoms with Crippen LogP contribution in [0.25, 0.3) is 10.9 Å². The van der Waals surface area contributed by atoms with E-state index in [1.165, 1.54) is 20.3 Å². The van der Waals surface area contributed by atoms with Crippen LogP contribution in [0, 0.1) is 11.8 Å². The van der Waals surface area contributed by atoms with E-state index in [2.05, 4.69) is 22.5 Å². The largest absolute Gasteiger partial charge is 0.495 e. The molecule has 3 aromatic rings. The number of aromatic nitrogens is 1. The van der Waals surface area contributed by atoms with E-state index in [0.29, 0.717) is 53.1 Å². The number of halogens is 4. The van der Waals surface area contributed by atoms with Crippen LogP contribution in [-0.2, 0) is 11.3 Å². The zero-order valence-corrected chi connectivity index (χ0v) is 24.5. The number of carbonyl (C=O) groups is 1. The Hall–Kier alpha value is -3.95. The Morgan fingerprint density at radius 2 is 1.88 bits per heavy atom. The van der Waals surface area contributed by atoms with Crippen molar-refractivity contribution in [2.45, 2.75) is 50.8 Å². The molecule has 4 rings (SSSR count). The highest BCUT2D eigenvalue weighted by Crippen LogP contribution is 2.32. The first-order valence-corrected chi connectivity index (χ1v) is 13.8. The smallest absolute Gasteiger partial charge is 0.406 e. The lowest BCUT2D eigenvalue weighted by Crippen LogP contribution is -2.51. The number of anilines is 2. The summed E-state index contributed by atoms with van der Waals surface area (Å²) in [5, 5.41) is 16.9. The number of ether oxygens (including phenoxy) is 2. The number of piperidine rings is 1. The Kier molecular flexibility index (Phi) is 9.77. The average molecular weight is 605 g/mol. The Morgan fingerprint density at radius 3 is 2.53 bits per heavy atom. The van der Waals surface area contributed by atoms with Gasteiger partial charge in [0.15, 0.2) is 0 Å². The van der Waals surface area contributed by atoms with Gasteiger partial charge in [0.05, 0.1) is 54.9 Å². The van der Waals surface area contributed by atoms with Crippen LogP contribution in [0.2, 0.25) is 0 Å². The third kappa shape index (κ3) is 8.33. The maximum absolute atomic E-state index is 15.1. The molecule has 2 aromatic carbocycles. The van der Waals surface area contributed by atoms with E-state index in [9.17, 15) is 23.1 Å². The molecule has 0 spiro atoms. The summed E-state index contributed by atoms with van der Waals surface area (Å²) in [6.07, 6.45) is -5.25. The van der Waals surface area contributed by atoms with Gasteiger partial charge in [-0.05, 0) is 62.6 Å². The molecule has 1 unspecified atom stereocenters. The lowest BCUT2D eigenvalue weighted by molar-refractivity contribution is -0.140. The number of nitrogens with one attached hydrogen (secondary N) is 2. The van der Waals surface area contributed by atoms with Gasteiger partial charge in [0.2, 0.25) is 0 Å². The number of methoxy groups -OCH3 is 2. The number of hydrogen-bond acceptors (Lipinski definition) is 7. The first-order chi connectivity index (χ1) is 20.3. The van der Waals surface area contributed by atoms with Crippen LogP contribution in [0.1, 0.15) is 36.3 Å². The second-order valence-electron chi connectivity index (χ2n) is 11.1. The first kappa shape index (κ1) is 32.0. The number of fused-ring (bicyclic) bond motifs is 1. The van der Waals surface area contributed by atoms with Crippen LogP contribution < -0.4 is 15.4 Å². The summed E-state index contributed by atoms with van der Waals surface area (Å²) in [6, 6.07) is 10.7. The van der Waals surface area contributed by atoms with E-state index in [1.54, 1.807) is 50.2 Å². The lowest BCUT2D eigenvalue weighted by Gasteiger charge is -2.38. The van der Waals surface area contributed by atoms with Gasteiger partial charge >= 0.3 is 12.1 Å². The van der Waals surface area contributed by atoms with Crippen molar-refractivity contribution in [3.63, 3.8) is 0 Å². The molecule has 43 heavy (non-hydrogen) atoms. The molecule has 3 N–H and O–H groups in total. The molecule has 1 aliphatic rings. The molecule has 0 aliphatic carbocycles. The van der Waals surface area contributed by atoms with Gasteiger partial charge in [-0.15, -0.1) is 0 Å². The molecule has 1 aromatic heterocycles. The third-order valence-corrected chi connectivity index (χ3v) is 7.07. The summed E-state index contributed by atoms with van der Waals surface area (Å²) >= 11 is 0. The maximum Gasteiger partial charge on any atom is 0.406 e. The van der Waals surface area contributed by atoms with Crippen molar-refractivity contribution in [3.8, 4) is 17.6 Å². The van der Waals surface area contributed by atoms with Gasteiger partial charge in [-0.3, -0.25) is 4.90 Å². The first-order valence-electron chi connectivity index (χ1n) is 13.8. The standard InChI is InChI=1S/C31H36F4N4O4/c1-30(2,41)18-38-14-12-25(23(32)17-38)37-24-8-5-9-27-22(24)16-21(39(27)19-31(33,34)35)7-6-13-36-26-11-10-20(29(40)43-4)15-28(26)42-3/h5,8-11,15-16,23,25,36-37,41H,12-14,17-19H2,1-4H3/t23-,25?/m1/s1. The number of hydrogen-bond donors (Lipinski definition) is 3. The van der Waals surface area contributed by atoms with Gasteiger partial charge in [0.25, 0.3) is 0 Å². The predicted molar refractivity (Wildman–Crippen MR) is 157 cm³/mol. The Bertz CT molecular complexity index is 1500. The van der Waals surface area contributed by atoms with Gasteiger partial charge in [-0.2, -0.15) is 13.2 Å². The van der Waals surface area contributed by atoms with Crippen molar-refractivity contribution < 1.29 is 36.9 Å². The number of rotatable bonds is 9. The average Bonchev–Trinajstić information content (AvgIpc) is 3.27. The highest BCUT2D eigenvalue weighted by atomic mass is 19.4.